The van der Waals surface area contributed by atoms with E-state index in [1.54, 1.807) is 67.8 Å². The zero-order valence-corrected chi connectivity index (χ0v) is 22.6. The third-order valence-electron chi connectivity index (χ3n) is 6.29. The van der Waals surface area contributed by atoms with Crippen molar-refractivity contribution in [3.8, 4) is 22.6 Å². The number of rotatable bonds is 7. The van der Waals surface area contributed by atoms with Crippen LogP contribution in [0.4, 0.5) is 13.2 Å². The van der Waals surface area contributed by atoms with E-state index in [0.29, 0.717) is 44.4 Å². The number of halogens is 4. The van der Waals surface area contributed by atoms with Crippen LogP contribution in [0.2, 0.25) is 5.02 Å². The Bertz CT molecular complexity index is 1830. The first-order valence-corrected chi connectivity index (χ1v) is 12.8. The largest absolute Gasteiger partial charge is 0.497 e. The molecule has 0 radical (unpaired) electrons. The number of alkyl halides is 3. The minimum Gasteiger partial charge on any atom is -0.497 e. The highest BCUT2D eigenvalue weighted by molar-refractivity contribution is 6.34. The number of aromatic nitrogens is 1. The van der Waals surface area contributed by atoms with Gasteiger partial charge in [-0.2, -0.15) is 18.3 Å². The lowest BCUT2D eigenvalue weighted by Crippen LogP contribution is -2.19. The monoisotopic (exact) mass is 591 g/mol. The van der Waals surface area contributed by atoms with Crippen LogP contribution in [-0.2, 0) is 6.18 Å². The third-order valence-corrected chi connectivity index (χ3v) is 6.62. The van der Waals surface area contributed by atoms with E-state index < -0.39 is 23.6 Å². The van der Waals surface area contributed by atoms with E-state index >= 15 is 0 Å². The zero-order valence-electron chi connectivity index (χ0n) is 21.8. The molecule has 7 nitrogen and oxygen atoms in total. The molecule has 212 valence electrons. The van der Waals surface area contributed by atoms with Gasteiger partial charge in [-0.3, -0.25) is 4.79 Å². The van der Waals surface area contributed by atoms with E-state index in [2.05, 4.69) is 15.5 Å². The van der Waals surface area contributed by atoms with Gasteiger partial charge in [-0.25, -0.2) is 10.2 Å². The number of hydrazone groups is 1. The van der Waals surface area contributed by atoms with Crippen LogP contribution in [0, 0.1) is 0 Å². The summed E-state index contributed by atoms with van der Waals surface area (Å²) in [7, 11) is 1.54. The van der Waals surface area contributed by atoms with Crippen LogP contribution in [0.25, 0.3) is 22.0 Å². The number of benzene rings is 4. The van der Waals surface area contributed by atoms with Gasteiger partial charge >= 0.3 is 12.1 Å². The number of nitrogens with one attached hydrogen (secondary N) is 2. The number of fused-ring (bicyclic) bond motifs is 1. The fourth-order valence-electron chi connectivity index (χ4n) is 4.29. The molecule has 0 saturated carbocycles. The molecule has 0 unspecified atom stereocenters. The van der Waals surface area contributed by atoms with E-state index in [1.807, 2.05) is 0 Å². The molecule has 0 aliphatic heterocycles. The molecule has 4 aromatic carbocycles. The normalized spacial score (nSPS) is 11.5. The second kappa shape index (κ2) is 11.8. The summed E-state index contributed by atoms with van der Waals surface area (Å²) in [5.74, 6) is -0.929. The van der Waals surface area contributed by atoms with Crippen LogP contribution in [0.5, 0.6) is 11.5 Å². The second-order valence-electron chi connectivity index (χ2n) is 8.97. The maximum Gasteiger partial charge on any atom is 0.416 e. The molecule has 42 heavy (non-hydrogen) atoms. The highest BCUT2D eigenvalue weighted by Gasteiger charge is 2.31. The number of amides is 1. The molecule has 0 fully saturated rings. The molecular weight excluding hydrogens is 571 g/mol. The van der Waals surface area contributed by atoms with Crippen molar-refractivity contribution in [1.82, 2.24) is 10.4 Å². The molecule has 0 aliphatic carbocycles. The van der Waals surface area contributed by atoms with Gasteiger partial charge in [-0.05, 0) is 54.6 Å². The number of carbonyl (C=O) groups is 2. The first-order chi connectivity index (χ1) is 20.2. The van der Waals surface area contributed by atoms with Crippen molar-refractivity contribution in [2.75, 3.05) is 7.11 Å². The van der Waals surface area contributed by atoms with Crippen LogP contribution >= 0.6 is 11.6 Å². The molecule has 5 rings (SSSR count). The number of esters is 1. The predicted molar refractivity (Wildman–Crippen MR) is 153 cm³/mol. The number of hydrogen-bond acceptors (Lipinski definition) is 5. The maximum absolute atomic E-state index is 13.3. The highest BCUT2D eigenvalue weighted by atomic mass is 35.5. The summed E-state index contributed by atoms with van der Waals surface area (Å²) >= 11 is 6.48. The van der Waals surface area contributed by atoms with Crippen molar-refractivity contribution in [1.29, 1.82) is 0 Å². The van der Waals surface area contributed by atoms with Gasteiger partial charge < -0.3 is 14.5 Å². The van der Waals surface area contributed by atoms with Crippen LogP contribution in [0.3, 0.4) is 0 Å². The summed E-state index contributed by atoms with van der Waals surface area (Å²) in [5.41, 5.74) is 3.57. The van der Waals surface area contributed by atoms with Gasteiger partial charge in [0.25, 0.3) is 5.91 Å². The lowest BCUT2D eigenvalue weighted by atomic mass is 10.0. The number of aromatic amines is 1. The number of hydrogen-bond donors (Lipinski definition) is 2. The molecule has 1 amide bonds. The lowest BCUT2D eigenvalue weighted by Gasteiger charge is -2.10. The van der Waals surface area contributed by atoms with Crippen molar-refractivity contribution in [2.24, 2.45) is 5.10 Å². The Hall–Kier alpha value is -5.09. The van der Waals surface area contributed by atoms with Crippen molar-refractivity contribution in [2.45, 2.75) is 6.18 Å². The number of methoxy groups -OCH3 is 1. The first-order valence-electron chi connectivity index (χ1n) is 12.4. The number of para-hydroxylation sites is 1. The first kappa shape index (κ1) is 28.4. The van der Waals surface area contributed by atoms with Crippen molar-refractivity contribution in [3.63, 3.8) is 0 Å². The molecule has 1 aromatic heterocycles. The Morgan fingerprint density at radius 3 is 2.48 bits per heavy atom. The van der Waals surface area contributed by atoms with Crippen LogP contribution in [0.15, 0.2) is 96.1 Å². The molecule has 11 heteroatoms. The van der Waals surface area contributed by atoms with Gasteiger partial charge in [0, 0.05) is 32.6 Å². The fourth-order valence-corrected chi connectivity index (χ4v) is 4.52. The Kier molecular flexibility index (Phi) is 7.99. The Morgan fingerprint density at radius 1 is 0.952 bits per heavy atom. The van der Waals surface area contributed by atoms with Crippen molar-refractivity contribution in [3.05, 3.63) is 118 Å². The fraction of sp³-hybridized carbons (Fsp3) is 0.0645. The Labute approximate surface area is 242 Å². The molecule has 1 heterocycles. The highest BCUT2D eigenvalue weighted by Crippen LogP contribution is 2.38. The summed E-state index contributed by atoms with van der Waals surface area (Å²) in [6.45, 7) is 0. The average Bonchev–Trinajstić information content (AvgIpc) is 3.36. The molecule has 0 bridgehead atoms. The minimum atomic E-state index is -4.61. The number of nitrogens with zero attached hydrogens (tertiary/aromatic N) is 1. The summed E-state index contributed by atoms with van der Waals surface area (Å²) in [4.78, 5) is 29.0. The van der Waals surface area contributed by atoms with Crippen LogP contribution < -0.4 is 14.9 Å². The van der Waals surface area contributed by atoms with E-state index in [-0.39, 0.29) is 17.0 Å². The molecule has 0 aliphatic rings. The van der Waals surface area contributed by atoms with Gasteiger partial charge in [0.1, 0.15) is 17.2 Å². The van der Waals surface area contributed by atoms with Gasteiger partial charge in [-0.1, -0.05) is 48.0 Å². The van der Waals surface area contributed by atoms with Crippen molar-refractivity contribution < 1.29 is 32.2 Å². The predicted octanol–water partition coefficient (Wildman–Crippen LogP) is 7.50. The lowest BCUT2D eigenvalue weighted by molar-refractivity contribution is -0.137. The quantitative estimate of drug-likeness (QED) is 0.0887. The SMILES string of the molecule is COc1ccc2[nH]c(C(=O)NN=Cc3ccccc3OC(=O)c3cccc(C(F)(F)F)c3)c(-c3ccccc3Cl)c2c1. The number of ether oxygens (including phenoxy) is 2. The van der Waals surface area contributed by atoms with E-state index in [0.717, 1.165) is 12.1 Å². The van der Waals surface area contributed by atoms with Gasteiger partial charge in [0.2, 0.25) is 0 Å². The van der Waals surface area contributed by atoms with Crippen LogP contribution in [-0.4, -0.2) is 30.2 Å². The maximum atomic E-state index is 13.3. The topological polar surface area (TPSA) is 92.8 Å². The number of H-pyrrole nitrogens is 1. The number of carbonyl (C=O) groups excluding carboxylic acids is 2. The summed E-state index contributed by atoms with van der Waals surface area (Å²) in [6, 6.07) is 22.6. The van der Waals surface area contributed by atoms with E-state index in [9.17, 15) is 22.8 Å². The average molecular weight is 592 g/mol. The summed E-state index contributed by atoms with van der Waals surface area (Å²) in [6.07, 6.45) is -3.35. The standard InChI is InChI=1S/C31H21ClF3N3O4/c1-41-21-13-14-25-23(16-21)27(22-10-3-4-11-24(22)32)28(37-25)29(39)38-36-17-19-7-2-5-12-26(19)42-30(40)18-8-6-9-20(15-18)31(33,34)35/h2-17,37H,1H3,(H,38,39). The molecule has 0 saturated heterocycles. The van der Waals surface area contributed by atoms with Gasteiger partial charge in [0.15, 0.2) is 0 Å². The second-order valence-corrected chi connectivity index (χ2v) is 9.38. The molecular formula is C31H21ClF3N3O4. The summed E-state index contributed by atoms with van der Waals surface area (Å²) < 4.78 is 49.9. The molecule has 2 N–H and O–H groups in total. The van der Waals surface area contributed by atoms with Gasteiger partial charge in [-0.15, -0.1) is 0 Å². The third kappa shape index (κ3) is 5.98. The van der Waals surface area contributed by atoms with Gasteiger partial charge in [0.05, 0.1) is 24.5 Å². The summed E-state index contributed by atoms with van der Waals surface area (Å²) in [5, 5.41) is 5.18. The smallest absolute Gasteiger partial charge is 0.416 e. The van der Waals surface area contributed by atoms with Crippen molar-refractivity contribution >= 4 is 40.6 Å². The molecule has 5 aromatic rings. The Morgan fingerprint density at radius 2 is 1.71 bits per heavy atom. The Balaban J connectivity index is 1.40. The molecule has 0 spiro atoms. The minimum absolute atomic E-state index is 0.0346. The van der Waals surface area contributed by atoms with E-state index in [4.69, 9.17) is 21.1 Å². The van der Waals surface area contributed by atoms with E-state index in [1.165, 1.54) is 18.3 Å². The molecule has 0 atom stereocenters. The van der Waals surface area contributed by atoms with Crippen LogP contribution in [0.1, 0.15) is 32.0 Å². The zero-order chi connectivity index (χ0) is 29.9.